The van der Waals surface area contributed by atoms with Gasteiger partial charge in [-0.25, -0.2) is 0 Å². The topological polar surface area (TPSA) is 66.8 Å². The van der Waals surface area contributed by atoms with Crippen molar-refractivity contribution in [1.82, 2.24) is 4.57 Å². The maximum Gasteiger partial charge on any atom is 0.314 e. The summed E-state index contributed by atoms with van der Waals surface area (Å²) in [5.74, 6) is 1.36. The van der Waals surface area contributed by atoms with Crippen LogP contribution in [0.4, 0.5) is 0 Å². The second-order valence-corrected chi connectivity index (χ2v) is 7.37. The number of aryl methyl sites for hydroxylation is 1. The number of hydrogen-bond acceptors (Lipinski definition) is 5. The number of aromatic nitrogens is 1. The van der Waals surface area contributed by atoms with E-state index in [9.17, 15) is 9.59 Å². The van der Waals surface area contributed by atoms with Crippen LogP contribution in [-0.2, 0) is 11.8 Å². The first-order chi connectivity index (χ1) is 14.0. The van der Waals surface area contributed by atoms with E-state index in [1.165, 1.54) is 0 Å². The molecule has 0 spiro atoms. The molecule has 1 aliphatic heterocycles. The number of carbonyl (C=O) groups excluding carboxylic acids is 2. The molecule has 146 valence electrons. The molecule has 0 amide bonds. The van der Waals surface area contributed by atoms with Gasteiger partial charge in [0, 0.05) is 35.8 Å². The van der Waals surface area contributed by atoms with Gasteiger partial charge in [0.05, 0.1) is 18.6 Å². The molecule has 0 bridgehead atoms. The van der Waals surface area contributed by atoms with E-state index in [4.69, 9.17) is 14.2 Å². The largest absolute Gasteiger partial charge is 0.497 e. The van der Waals surface area contributed by atoms with Gasteiger partial charge in [-0.1, -0.05) is 0 Å². The number of ketones is 1. The third-order valence-corrected chi connectivity index (χ3v) is 5.28. The molecule has 0 radical (unpaired) electrons. The first-order valence-electron chi connectivity index (χ1n) is 9.46. The van der Waals surface area contributed by atoms with Gasteiger partial charge in [-0.15, -0.1) is 0 Å². The molecular weight excluding hydrogens is 370 g/mol. The van der Waals surface area contributed by atoms with Crippen LogP contribution in [0.15, 0.2) is 48.4 Å². The number of nitrogens with zero attached hydrogens (tertiary/aromatic N) is 1. The van der Waals surface area contributed by atoms with Crippen LogP contribution in [0, 0.1) is 5.92 Å². The quantitative estimate of drug-likeness (QED) is 0.382. The summed E-state index contributed by atoms with van der Waals surface area (Å²) in [6, 6.07) is 10.7. The maximum absolute atomic E-state index is 12.8. The summed E-state index contributed by atoms with van der Waals surface area (Å²) < 4.78 is 18.5. The first kappa shape index (κ1) is 17.6. The van der Waals surface area contributed by atoms with Crippen molar-refractivity contribution in [1.29, 1.82) is 0 Å². The minimum absolute atomic E-state index is 0.00427. The average molecular weight is 389 g/mol. The van der Waals surface area contributed by atoms with E-state index in [1.54, 1.807) is 31.4 Å². The van der Waals surface area contributed by atoms with E-state index in [-0.39, 0.29) is 23.4 Å². The Morgan fingerprint density at radius 1 is 1.17 bits per heavy atom. The van der Waals surface area contributed by atoms with Crippen molar-refractivity contribution >= 4 is 28.7 Å². The number of benzene rings is 2. The van der Waals surface area contributed by atoms with Crippen molar-refractivity contribution in [2.75, 3.05) is 7.11 Å². The highest BCUT2D eigenvalue weighted by Crippen LogP contribution is 2.37. The van der Waals surface area contributed by atoms with Crippen molar-refractivity contribution in [3.8, 4) is 17.2 Å². The minimum atomic E-state index is -0.227. The van der Waals surface area contributed by atoms with Gasteiger partial charge < -0.3 is 18.8 Å². The van der Waals surface area contributed by atoms with E-state index in [0.29, 0.717) is 17.1 Å². The lowest BCUT2D eigenvalue weighted by atomic mass is 10.1. The summed E-state index contributed by atoms with van der Waals surface area (Å²) in [5.41, 5.74) is 2.34. The molecule has 2 heterocycles. The van der Waals surface area contributed by atoms with E-state index in [0.717, 1.165) is 35.1 Å². The van der Waals surface area contributed by atoms with E-state index in [2.05, 4.69) is 0 Å². The lowest BCUT2D eigenvalue weighted by Gasteiger charge is -2.04. The van der Waals surface area contributed by atoms with Gasteiger partial charge in [0.2, 0.25) is 5.78 Å². The summed E-state index contributed by atoms with van der Waals surface area (Å²) in [5, 5.41) is 0.964. The van der Waals surface area contributed by atoms with Gasteiger partial charge in [0.1, 0.15) is 17.2 Å². The summed E-state index contributed by atoms with van der Waals surface area (Å²) in [7, 11) is 3.57. The summed E-state index contributed by atoms with van der Waals surface area (Å²) in [6.45, 7) is 0. The van der Waals surface area contributed by atoms with Gasteiger partial charge in [-0.2, -0.15) is 0 Å². The Hall–Kier alpha value is -3.54. The van der Waals surface area contributed by atoms with Gasteiger partial charge in [0.15, 0.2) is 5.76 Å². The molecule has 0 saturated heterocycles. The highest BCUT2D eigenvalue weighted by atomic mass is 16.5. The van der Waals surface area contributed by atoms with Crippen LogP contribution in [-0.4, -0.2) is 23.4 Å². The zero-order valence-electron chi connectivity index (χ0n) is 16.1. The van der Waals surface area contributed by atoms with Crippen molar-refractivity contribution < 1.29 is 23.8 Å². The SMILES string of the molecule is COc1ccc2c(c1)c(C=C1Oc3cc(OC(=O)C4CC4)ccc3C1=O)cn2C. The predicted octanol–water partition coefficient (Wildman–Crippen LogP) is 4.12. The monoisotopic (exact) mass is 389 g/mol. The van der Waals surface area contributed by atoms with E-state index < -0.39 is 0 Å². The number of hydrogen-bond donors (Lipinski definition) is 0. The number of ether oxygens (including phenoxy) is 3. The Labute approximate surface area is 167 Å². The van der Waals surface area contributed by atoms with Crippen LogP contribution in [0.5, 0.6) is 17.2 Å². The van der Waals surface area contributed by atoms with Gasteiger partial charge >= 0.3 is 5.97 Å². The van der Waals surface area contributed by atoms with Crippen LogP contribution in [0.25, 0.3) is 17.0 Å². The van der Waals surface area contributed by atoms with Crippen molar-refractivity contribution in [2.45, 2.75) is 12.8 Å². The number of rotatable bonds is 4. The lowest BCUT2D eigenvalue weighted by Crippen LogP contribution is -2.09. The van der Waals surface area contributed by atoms with Gasteiger partial charge in [-0.3, -0.25) is 9.59 Å². The van der Waals surface area contributed by atoms with Crippen LogP contribution >= 0.6 is 0 Å². The molecule has 29 heavy (non-hydrogen) atoms. The molecule has 0 atom stereocenters. The molecule has 1 aliphatic carbocycles. The molecule has 5 rings (SSSR count). The van der Waals surface area contributed by atoms with Crippen molar-refractivity contribution in [3.05, 3.63) is 59.5 Å². The van der Waals surface area contributed by atoms with Crippen LogP contribution in [0.3, 0.4) is 0 Å². The molecular formula is C23H19NO5. The number of methoxy groups -OCH3 is 1. The average Bonchev–Trinajstić information content (AvgIpc) is 3.47. The van der Waals surface area contributed by atoms with Gasteiger partial charge in [0.25, 0.3) is 0 Å². The third-order valence-electron chi connectivity index (χ3n) is 5.28. The van der Waals surface area contributed by atoms with Crippen LogP contribution < -0.4 is 14.2 Å². The van der Waals surface area contributed by atoms with Crippen LogP contribution in [0.2, 0.25) is 0 Å². The fraction of sp³-hybridized carbons (Fsp3) is 0.217. The molecule has 2 aliphatic rings. The number of fused-ring (bicyclic) bond motifs is 2. The second kappa shape index (κ2) is 6.51. The summed E-state index contributed by atoms with van der Waals surface area (Å²) >= 11 is 0. The normalized spacial score (nSPS) is 16.8. The number of esters is 1. The number of allylic oxidation sites excluding steroid dienone is 1. The highest BCUT2D eigenvalue weighted by molar-refractivity contribution is 6.15. The standard InChI is InChI=1S/C23H19NO5/c1-24-12-14(18-10-15(27-2)6-8-19(18)24)9-21-22(25)17-7-5-16(11-20(17)29-21)28-23(26)13-3-4-13/h5-13H,3-4H2,1-2H3. The fourth-order valence-corrected chi connectivity index (χ4v) is 3.53. The van der Waals surface area contributed by atoms with Gasteiger partial charge in [-0.05, 0) is 49.2 Å². The minimum Gasteiger partial charge on any atom is -0.497 e. The molecule has 1 fully saturated rings. The maximum atomic E-state index is 12.8. The predicted molar refractivity (Wildman–Crippen MR) is 107 cm³/mol. The fourth-order valence-electron chi connectivity index (χ4n) is 3.53. The molecule has 6 heteroatoms. The smallest absolute Gasteiger partial charge is 0.314 e. The molecule has 0 N–H and O–H groups in total. The zero-order chi connectivity index (χ0) is 20.1. The molecule has 2 aromatic carbocycles. The van der Waals surface area contributed by atoms with Crippen LogP contribution in [0.1, 0.15) is 28.8 Å². The lowest BCUT2D eigenvalue weighted by molar-refractivity contribution is -0.135. The summed E-state index contributed by atoms with van der Waals surface area (Å²) in [6.07, 6.45) is 5.43. The second-order valence-electron chi connectivity index (χ2n) is 7.37. The summed E-state index contributed by atoms with van der Waals surface area (Å²) in [4.78, 5) is 24.7. The molecule has 0 unspecified atom stereocenters. The van der Waals surface area contributed by atoms with E-state index >= 15 is 0 Å². The number of carbonyl (C=O) groups is 2. The molecule has 3 aromatic rings. The number of Topliss-reactive ketones (excluding diaryl/α,β-unsaturated/α-hetero) is 1. The Bertz CT molecular complexity index is 1200. The van der Waals surface area contributed by atoms with Crippen molar-refractivity contribution in [2.24, 2.45) is 13.0 Å². The molecule has 1 aromatic heterocycles. The Morgan fingerprint density at radius 2 is 1.97 bits per heavy atom. The Morgan fingerprint density at radius 3 is 2.72 bits per heavy atom. The first-order valence-corrected chi connectivity index (χ1v) is 9.46. The van der Waals surface area contributed by atoms with E-state index in [1.807, 2.05) is 36.0 Å². The zero-order valence-corrected chi connectivity index (χ0v) is 16.1. The Balaban J connectivity index is 1.47. The molecule has 6 nitrogen and oxygen atoms in total. The molecule has 1 saturated carbocycles. The third kappa shape index (κ3) is 3.06. The van der Waals surface area contributed by atoms with Crippen molar-refractivity contribution in [3.63, 3.8) is 0 Å². The Kier molecular flexibility index (Phi) is 3.94. The highest BCUT2D eigenvalue weighted by Gasteiger charge is 2.33.